The predicted octanol–water partition coefficient (Wildman–Crippen LogP) is 1.58. The summed E-state index contributed by atoms with van der Waals surface area (Å²) in [5.74, 6) is 0.0518. The van der Waals surface area contributed by atoms with Crippen molar-refractivity contribution in [3.8, 4) is 0 Å². The Bertz CT molecular complexity index is 205. The van der Waals surface area contributed by atoms with Crippen LogP contribution in [0.2, 0.25) is 0 Å². The minimum Gasteiger partial charge on any atom is -0.466 e. The van der Waals surface area contributed by atoms with Gasteiger partial charge in [0.25, 0.3) is 0 Å². The van der Waals surface area contributed by atoms with Crippen molar-refractivity contribution in [1.29, 1.82) is 0 Å². The molecule has 1 aliphatic carbocycles. The van der Waals surface area contributed by atoms with Crippen LogP contribution in [0.3, 0.4) is 0 Å². The molecule has 1 fully saturated rings. The molecule has 0 amide bonds. The first-order valence-electron chi connectivity index (χ1n) is 4.79. The van der Waals surface area contributed by atoms with Gasteiger partial charge in [-0.3, -0.25) is 0 Å². The molecule has 13 heavy (non-hydrogen) atoms. The minimum atomic E-state index is -0.344. The van der Waals surface area contributed by atoms with E-state index in [2.05, 4.69) is 4.74 Å². The number of esters is 1. The summed E-state index contributed by atoms with van der Waals surface area (Å²) in [5.41, 5.74) is 6.47. The number of rotatable bonds is 2. The van der Waals surface area contributed by atoms with Gasteiger partial charge < -0.3 is 10.5 Å². The summed E-state index contributed by atoms with van der Waals surface area (Å²) in [7, 11) is 1.37. The summed E-state index contributed by atoms with van der Waals surface area (Å²) in [6.45, 7) is 0. The number of carbonyl (C=O) groups excluding carboxylic acids is 1. The molecule has 1 saturated carbocycles. The Balaban J connectivity index is 2.49. The van der Waals surface area contributed by atoms with Gasteiger partial charge in [0.15, 0.2) is 0 Å². The van der Waals surface area contributed by atoms with Crippen molar-refractivity contribution in [3.63, 3.8) is 0 Å². The van der Waals surface area contributed by atoms with Crippen molar-refractivity contribution in [2.75, 3.05) is 7.11 Å². The number of hydrogen-bond donors (Lipinski definition) is 1. The van der Waals surface area contributed by atoms with Gasteiger partial charge >= 0.3 is 5.97 Å². The highest BCUT2D eigenvalue weighted by molar-refractivity contribution is 5.82. The van der Waals surface area contributed by atoms with Gasteiger partial charge in [-0.05, 0) is 18.8 Å². The third-order valence-corrected chi connectivity index (χ3v) is 2.56. The number of ether oxygens (including phenoxy) is 1. The Morgan fingerprint density at radius 1 is 1.38 bits per heavy atom. The van der Waals surface area contributed by atoms with E-state index in [-0.39, 0.29) is 5.97 Å². The molecule has 0 heterocycles. The molecule has 74 valence electrons. The molecule has 2 N–H and O–H groups in total. The first-order chi connectivity index (χ1) is 6.24. The molecule has 0 bridgehead atoms. The molecule has 0 unspecified atom stereocenters. The van der Waals surface area contributed by atoms with Crippen LogP contribution in [0.4, 0.5) is 0 Å². The van der Waals surface area contributed by atoms with E-state index >= 15 is 0 Å². The Labute approximate surface area is 78.9 Å². The lowest BCUT2D eigenvalue weighted by molar-refractivity contribution is -0.134. The molecule has 0 aromatic heterocycles. The molecular formula is C10H17NO2. The molecule has 0 spiro atoms. The molecule has 0 radical (unpaired) electrons. The Kier molecular flexibility index (Phi) is 3.80. The van der Waals surface area contributed by atoms with Gasteiger partial charge in [-0.1, -0.05) is 19.3 Å². The first-order valence-corrected chi connectivity index (χ1v) is 4.79. The smallest absolute Gasteiger partial charge is 0.332 e. The van der Waals surface area contributed by atoms with E-state index in [0.29, 0.717) is 11.6 Å². The van der Waals surface area contributed by atoms with Crippen molar-refractivity contribution in [1.82, 2.24) is 0 Å². The monoisotopic (exact) mass is 183 g/mol. The predicted molar refractivity (Wildman–Crippen MR) is 50.9 cm³/mol. The van der Waals surface area contributed by atoms with Crippen LogP contribution in [0.25, 0.3) is 0 Å². The summed E-state index contributed by atoms with van der Waals surface area (Å²) in [6.07, 6.45) is 7.37. The molecule has 1 aliphatic rings. The molecule has 0 atom stereocenters. The zero-order valence-corrected chi connectivity index (χ0v) is 8.08. The van der Waals surface area contributed by atoms with E-state index in [1.165, 1.54) is 32.4 Å². The zero-order valence-electron chi connectivity index (χ0n) is 8.08. The number of hydrogen-bond acceptors (Lipinski definition) is 3. The van der Waals surface area contributed by atoms with E-state index in [0.717, 1.165) is 12.8 Å². The van der Waals surface area contributed by atoms with Crippen LogP contribution in [0.5, 0.6) is 0 Å². The standard InChI is InChI=1S/C10H17NO2/c1-13-10(12)7-9(11)8-5-3-2-4-6-8/h7-8H,2-6,11H2,1H3. The third-order valence-electron chi connectivity index (χ3n) is 2.56. The highest BCUT2D eigenvalue weighted by atomic mass is 16.5. The average Bonchev–Trinajstić information content (AvgIpc) is 2.19. The fraction of sp³-hybridized carbons (Fsp3) is 0.700. The summed E-state index contributed by atoms with van der Waals surface area (Å²) in [4.78, 5) is 10.9. The summed E-state index contributed by atoms with van der Waals surface area (Å²) in [6, 6.07) is 0. The molecule has 0 aromatic carbocycles. The van der Waals surface area contributed by atoms with Crippen LogP contribution in [0.15, 0.2) is 11.8 Å². The normalized spacial score (nSPS) is 19.9. The van der Waals surface area contributed by atoms with E-state index < -0.39 is 0 Å². The van der Waals surface area contributed by atoms with Crippen LogP contribution < -0.4 is 5.73 Å². The second-order valence-electron chi connectivity index (χ2n) is 3.50. The molecule has 1 rings (SSSR count). The van der Waals surface area contributed by atoms with E-state index in [9.17, 15) is 4.79 Å². The maximum atomic E-state index is 10.9. The van der Waals surface area contributed by atoms with Crippen LogP contribution in [0, 0.1) is 5.92 Å². The average molecular weight is 183 g/mol. The van der Waals surface area contributed by atoms with Gasteiger partial charge in [0.2, 0.25) is 0 Å². The van der Waals surface area contributed by atoms with Crippen LogP contribution >= 0.6 is 0 Å². The number of carbonyl (C=O) groups is 1. The molecule has 3 nitrogen and oxygen atoms in total. The zero-order chi connectivity index (χ0) is 9.68. The van der Waals surface area contributed by atoms with Crippen molar-refractivity contribution in [3.05, 3.63) is 11.8 Å². The number of allylic oxidation sites excluding steroid dienone is 1. The maximum Gasteiger partial charge on any atom is 0.332 e. The van der Waals surface area contributed by atoms with Crippen molar-refractivity contribution >= 4 is 5.97 Å². The number of methoxy groups -OCH3 is 1. The van der Waals surface area contributed by atoms with E-state index in [1.54, 1.807) is 0 Å². The molecule has 0 aromatic rings. The van der Waals surface area contributed by atoms with Crippen molar-refractivity contribution in [2.45, 2.75) is 32.1 Å². The Hall–Kier alpha value is -0.990. The fourth-order valence-corrected chi connectivity index (χ4v) is 1.75. The van der Waals surface area contributed by atoms with Gasteiger partial charge in [0, 0.05) is 11.8 Å². The second kappa shape index (κ2) is 4.90. The van der Waals surface area contributed by atoms with Crippen molar-refractivity contribution in [2.24, 2.45) is 11.7 Å². The van der Waals surface area contributed by atoms with Crippen LogP contribution in [0.1, 0.15) is 32.1 Å². The lowest BCUT2D eigenvalue weighted by Gasteiger charge is -2.21. The largest absolute Gasteiger partial charge is 0.466 e. The maximum absolute atomic E-state index is 10.9. The SMILES string of the molecule is COC(=O)C=C(N)C1CCCCC1. The highest BCUT2D eigenvalue weighted by Gasteiger charge is 2.16. The van der Waals surface area contributed by atoms with Gasteiger partial charge in [-0.15, -0.1) is 0 Å². The summed E-state index contributed by atoms with van der Waals surface area (Å²) in [5, 5.41) is 0. The molecule has 3 heteroatoms. The highest BCUT2D eigenvalue weighted by Crippen LogP contribution is 2.27. The topological polar surface area (TPSA) is 52.3 Å². The van der Waals surface area contributed by atoms with E-state index in [4.69, 9.17) is 5.73 Å². The fourth-order valence-electron chi connectivity index (χ4n) is 1.75. The Morgan fingerprint density at radius 3 is 2.54 bits per heavy atom. The second-order valence-corrected chi connectivity index (χ2v) is 3.50. The third kappa shape index (κ3) is 3.09. The summed E-state index contributed by atoms with van der Waals surface area (Å²) >= 11 is 0. The molecular weight excluding hydrogens is 166 g/mol. The first kappa shape index (κ1) is 10.1. The van der Waals surface area contributed by atoms with E-state index in [1.807, 2.05) is 0 Å². The van der Waals surface area contributed by atoms with Gasteiger partial charge in [-0.25, -0.2) is 4.79 Å². The molecule has 0 aliphatic heterocycles. The minimum absolute atomic E-state index is 0.344. The van der Waals surface area contributed by atoms with Crippen LogP contribution in [-0.4, -0.2) is 13.1 Å². The lowest BCUT2D eigenvalue weighted by atomic mass is 9.87. The lowest BCUT2D eigenvalue weighted by Crippen LogP contribution is -2.17. The Morgan fingerprint density at radius 2 is 2.00 bits per heavy atom. The van der Waals surface area contributed by atoms with Gasteiger partial charge in [0.05, 0.1) is 7.11 Å². The van der Waals surface area contributed by atoms with Crippen LogP contribution in [-0.2, 0) is 9.53 Å². The van der Waals surface area contributed by atoms with Crippen molar-refractivity contribution < 1.29 is 9.53 Å². The molecule has 0 saturated heterocycles. The number of nitrogens with two attached hydrogens (primary N) is 1. The quantitative estimate of drug-likeness (QED) is 0.522. The van der Waals surface area contributed by atoms with Gasteiger partial charge in [-0.2, -0.15) is 0 Å². The van der Waals surface area contributed by atoms with Gasteiger partial charge in [0.1, 0.15) is 0 Å². The summed E-state index contributed by atoms with van der Waals surface area (Å²) < 4.78 is 4.52.